The fraction of sp³-hybridized carbons (Fsp3) is 0.304. The molecule has 142 valence electrons. The van der Waals surface area contributed by atoms with E-state index in [2.05, 4.69) is 16.7 Å². The molecule has 2 heterocycles. The molecule has 0 amide bonds. The first kappa shape index (κ1) is 17.5. The Kier molecular flexibility index (Phi) is 4.44. The van der Waals surface area contributed by atoms with E-state index in [1.807, 2.05) is 42.6 Å². The van der Waals surface area contributed by atoms with Crippen LogP contribution in [0.3, 0.4) is 0 Å². The second kappa shape index (κ2) is 7.10. The van der Waals surface area contributed by atoms with E-state index < -0.39 is 0 Å². The summed E-state index contributed by atoms with van der Waals surface area (Å²) in [4.78, 5) is 13.2. The van der Waals surface area contributed by atoms with Crippen LogP contribution in [-0.4, -0.2) is 14.3 Å². The van der Waals surface area contributed by atoms with Crippen molar-refractivity contribution in [3.63, 3.8) is 0 Å². The minimum absolute atomic E-state index is 0.0283. The summed E-state index contributed by atoms with van der Waals surface area (Å²) in [5.41, 5.74) is 3.68. The SMILES string of the molecule is O=c1c2cn(Cc3ccccc3)c3cc(Cl)ccc3c-2nn1C1CCCCC1. The van der Waals surface area contributed by atoms with Gasteiger partial charge in [-0.1, -0.05) is 61.2 Å². The van der Waals surface area contributed by atoms with Crippen LogP contribution in [0.25, 0.3) is 22.2 Å². The van der Waals surface area contributed by atoms with Gasteiger partial charge in [-0.2, -0.15) is 5.10 Å². The number of hydrogen-bond donors (Lipinski definition) is 0. The van der Waals surface area contributed by atoms with Crippen LogP contribution in [0, 0.1) is 0 Å². The molecule has 1 saturated carbocycles. The van der Waals surface area contributed by atoms with Crippen LogP contribution >= 0.6 is 11.6 Å². The lowest BCUT2D eigenvalue weighted by molar-refractivity contribution is 0.324. The number of aromatic nitrogens is 3. The number of pyridine rings is 1. The number of fused-ring (bicyclic) bond motifs is 3. The van der Waals surface area contributed by atoms with Crippen LogP contribution < -0.4 is 5.56 Å². The molecule has 0 bridgehead atoms. The normalized spacial score (nSPS) is 15.5. The van der Waals surface area contributed by atoms with Crippen molar-refractivity contribution in [1.82, 2.24) is 14.3 Å². The molecule has 28 heavy (non-hydrogen) atoms. The molecule has 0 atom stereocenters. The Morgan fingerprint density at radius 1 is 1.04 bits per heavy atom. The van der Waals surface area contributed by atoms with Gasteiger partial charge in [0.15, 0.2) is 0 Å². The average molecular weight is 392 g/mol. The molecule has 1 aliphatic carbocycles. The third kappa shape index (κ3) is 3.02. The Labute approximate surface area is 168 Å². The van der Waals surface area contributed by atoms with Crippen molar-refractivity contribution in [1.29, 1.82) is 0 Å². The summed E-state index contributed by atoms with van der Waals surface area (Å²) >= 11 is 6.30. The molecular weight excluding hydrogens is 370 g/mol. The predicted molar refractivity (Wildman–Crippen MR) is 113 cm³/mol. The minimum atomic E-state index is 0.0283. The molecule has 0 saturated heterocycles. The molecule has 0 spiro atoms. The highest BCUT2D eigenvalue weighted by atomic mass is 35.5. The van der Waals surface area contributed by atoms with Crippen LogP contribution in [0.4, 0.5) is 0 Å². The van der Waals surface area contributed by atoms with Gasteiger partial charge in [0, 0.05) is 23.2 Å². The highest BCUT2D eigenvalue weighted by molar-refractivity contribution is 6.31. The van der Waals surface area contributed by atoms with Crippen LogP contribution in [0.1, 0.15) is 43.7 Å². The lowest BCUT2D eigenvalue weighted by Crippen LogP contribution is -2.24. The Morgan fingerprint density at radius 2 is 1.82 bits per heavy atom. The maximum Gasteiger partial charge on any atom is 0.278 e. The molecule has 2 aliphatic heterocycles. The van der Waals surface area contributed by atoms with Crippen molar-refractivity contribution in [2.24, 2.45) is 0 Å². The van der Waals surface area contributed by atoms with Crippen molar-refractivity contribution in [2.75, 3.05) is 0 Å². The molecule has 5 heteroatoms. The average Bonchev–Trinajstić information content (AvgIpc) is 3.06. The van der Waals surface area contributed by atoms with Gasteiger partial charge < -0.3 is 4.57 Å². The van der Waals surface area contributed by atoms with Gasteiger partial charge in [0.2, 0.25) is 0 Å². The third-order valence-corrected chi connectivity index (χ3v) is 6.06. The topological polar surface area (TPSA) is 39.8 Å². The van der Waals surface area contributed by atoms with Gasteiger partial charge in [-0.15, -0.1) is 0 Å². The zero-order chi connectivity index (χ0) is 19.1. The molecule has 0 radical (unpaired) electrons. The molecular formula is C23H22ClN3O. The van der Waals surface area contributed by atoms with Gasteiger partial charge in [0.1, 0.15) is 5.69 Å². The third-order valence-electron chi connectivity index (χ3n) is 5.83. The summed E-state index contributed by atoms with van der Waals surface area (Å²) < 4.78 is 3.86. The monoisotopic (exact) mass is 391 g/mol. The van der Waals surface area contributed by atoms with Crippen molar-refractivity contribution < 1.29 is 0 Å². The molecule has 0 unspecified atom stereocenters. The van der Waals surface area contributed by atoms with Crippen molar-refractivity contribution >= 4 is 22.5 Å². The predicted octanol–water partition coefficient (Wildman–Crippen LogP) is 5.51. The largest absolute Gasteiger partial charge is 0.342 e. The summed E-state index contributed by atoms with van der Waals surface area (Å²) in [6.45, 7) is 0.682. The van der Waals surface area contributed by atoms with E-state index in [0.717, 1.165) is 29.4 Å². The quantitative estimate of drug-likeness (QED) is 0.462. The number of halogens is 1. The zero-order valence-corrected chi connectivity index (χ0v) is 16.4. The van der Waals surface area contributed by atoms with Crippen LogP contribution in [0.2, 0.25) is 5.02 Å². The Balaban J connectivity index is 1.72. The van der Waals surface area contributed by atoms with E-state index in [1.165, 1.54) is 24.8 Å². The van der Waals surface area contributed by atoms with Gasteiger partial charge in [-0.3, -0.25) is 4.79 Å². The van der Waals surface area contributed by atoms with E-state index in [9.17, 15) is 4.79 Å². The fourth-order valence-corrected chi connectivity index (χ4v) is 4.57. The molecule has 2 aromatic rings. The first-order valence-electron chi connectivity index (χ1n) is 9.95. The Bertz CT molecular complexity index is 1160. The van der Waals surface area contributed by atoms with Crippen LogP contribution in [0.5, 0.6) is 0 Å². The molecule has 5 rings (SSSR count). The van der Waals surface area contributed by atoms with Gasteiger partial charge in [0.05, 0.1) is 17.1 Å². The van der Waals surface area contributed by atoms with Crippen molar-refractivity contribution in [2.45, 2.75) is 44.7 Å². The smallest absolute Gasteiger partial charge is 0.278 e. The Hall–Kier alpha value is -2.59. The molecule has 0 N–H and O–H groups in total. The van der Waals surface area contributed by atoms with E-state index in [4.69, 9.17) is 16.7 Å². The van der Waals surface area contributed by atoms with Crippen molar-refractivity contribution in [3.8, 4) is 11.3 Å². The second-order valence-corrected chi connectivity index (χ2v) is 8.14. The molecule has 4 nitrogen and oxygen atoms in total. The van der Waals surface area contributed by atoms with Gasteiger partial charge in [-0.25, -0.2) is 4.68 Å². The van der Waals surface area contributed by atoms with Crippen LogP contribution in [0.15, 0.2) is 59.5 Å². The molecule has 0 aromatic heterocycles. The first-order chi connectivity index (χ1) is 13.7. The zero-order valence-electron chi connectivity index (χ0n) is 15.6. The van der Waals surface area contributed by atoms with Gasteiger partial charge in [0.25, 0.3) is 5.56 Å². The van der Waals surface area contributed by atoms with Crippen molar-refractivity contribution in [3.05, 3.63) is 75.7 Å². The van der Waals surface area contributed by atoms with E-state index in [0.29, 0.717) is 17.1 Å². The molecule has 3 aliphatic rings. The van der Waals surface area contributed by atoms with Gasteiger partial charge >= 0.3 is 0 Å². The maximum atomic E-state index is 13.2. The summed E-state index contributed by atoms with van der Waals surface area (Å²) in [7, 11) is 0. The molecule has 1 fully saturated rings. The maximum absolute atomic E-state index is 13.2. The van der Waals surface area contributed by atoms with E-state index in [-0.39, 0.29) is 11.6 Å². The fourth-order valence-electron chi connectivity index (χ4n) is 4.40. The first-order valence-corrected chi connectivity index (χ1v) is 10.3. The Morgan fingerprint density at radius 3 is 2.61 bits per heavy atom. The highest BCUT2D eigenvalue weighted by Gasteiger charge is 2.25. The summed E-state index contributed by atoms with van der Waals surface area (Å²) in [5, 5.41) is 6.45. The number of hydrogen-bond acceptors (Lipinski definition) is 2. The minimum Gasteiger partial charge on any atom is -0.342 e. The summed E-state index contributed by atoms with van der Waals surface area (Å²) in [6.07, 6.45) is 7.63. The highest BCUT2D eigenvalue weighted by Crippen LogP contribution is 2.33. The summed E-state index contributed by atoms with van der Waals surface area (Å²) in [5.74, 6) is 0. The van der Waals surface area contributed by atoms with Gasteiger partial charge in [-0.05, 0) is 36.6 Å². The molecule has 2 aromatic carbocycles. The standard InChI is InChI=1S/C23H22ClN3O/c24-17-11-12-19-21(13-17)26(14-16-7-3-1-4-8-16)15-20-22(19)25-27(23(20)28)18-9-5-2-6-10-18/h1,3-4,7-8,11-13,15,18H,2,5-6,9-10,14H2. The number of rotatable bonds is 3. The van der Waals surface area contributed by atoms with E-state index in [1.54, 1.807) is 4.68 Å². The lowest BCUT2D eigenvalue weighted by Gasteiger charge is -2.20. The number of benzene rings is 2. The van der Waals surface area contributed by atoms with Crippen LogP contribution in [-0.2, 0) is 6.54 Å². The number of nitrogens with zero attached hydrogens (tertiary/aromatic N) is 3. The lowest BCUT2D eigenvalue weighted by atomic mass is 9.96. The van der Waals surface area contributed by atoms with E-state index >= 15 is 0 Å². The summed E-state index contributed by atoms with van der Waals surface area (Å²) in [6, 6.07) is 16.3. The second-order valence-electron chi connectivity index (χ2n) is 7.71.